The second-order valence-electron chi connectivity index (χ2n) is 3.04. The Labute approximate surface area is 99.5 Å². The van der Waals surface area contributed by atoms with E-state index >= 15 is 0 Å². The molecule has 0 unspecified atom stereocenters. The van der Waals surface area contributed by atoms with Crippen molar-refractivity contribution in [1.82, 2.24) is 20.3 Å². The summed E-state index contributed by atoms with van der Waals surface area (Å²) in [5.74, 6) is -1.76. The maximum atomic E-state index is 11.6. The second-order valence-corrected chi connectivity index (χ2v) is 4.02. The molecule has 0 atom stereocenters. The van der Waals surface area contributed by atoms with Crippen LogP contribution in [0, 0.1) is 0 Å². The molecule has 2 aromatic rings. The molecule has 1 amide bonds. The van der Waals surface area contributed by atoms with E-state index in [2.05, 4.69) is 20.3 Å². The fourth-order valence-electron chi connectivity index (χ4n) is 1.21. The van der Waals surface area contributed by atoms with Gasteiger partial charge < -0.3 is 15.4 Å². The number of carbonyl (C=O) groups excluding carboxylic acids is 1. The monoisotopic (exact) mass is 252 g/mol. The highest BCUT2D eigenvalue weighted by Gasteiger charge is 2.19. The third kappa shape index (κ3) is 2.48. The topological polar surface area (TPSA) is 108 Å². The molecule has 0 bridgehead atoms. The number of aromatic nitrogens is 3. The van der Waals surface area contributed by atoms with Gasteiger partial charge in [-0.1, -0.05) is 0 Å². The van der Waals surface area contributed by atoms with E-state index in [-0.39, 0.29) is 17.9 Å². The minimum Gasteiger partial charge on any atom is -0.477 e. The molecule has 17 heavy (non-hydrogen) atoms. The van der Waals surface area contributed by atoms with Gasteiger partial charge in [-0.3, -0.25) is 4.79 Å². The van der Waals surface area contributed by atoms with Crippen LogP contribution in [0.4, 0.5) is 0 Å². The van der Waals surface area contributed by atoms with Crippen LogP contribution in [0.1, 0.15) is 26.0 Å². The Morgan fingerprint density at radius 2 is 2.29 bits per heavy atom. The maximum Gasteiger partial charge on any atom is 0.354 e. The number of hydrogen-bond acceptors (Lipinski definition) is 5. The van der Waals surface area contributed by atoms with Crippen LogP contribution in [-0.4, -0.2) is 31.9 Å². The van der Waals surface area contributed by atoms with Gasteiger partial charge in [0.05, 0.1) is 12.9 Å². The average molecular weight is 252 g/mol. The Morgan fingerprint density at radius 3 is 2.94 bits per heavy atom. The van der Waals surface area contributed by atoms with Crippen LogP contribution < -0.4 is 5.32 Å². The van der Waals surface area contributed by atoms with Gasteiger partial charge in [0.2, 0.25) is 0 Å². The molecule has 3 N–H and O–H groups in total. The van der Waals surface area contributed by atoms with Crippen LogP contribution in [0.15, 0.2) is 17.9 Å². The first-order chi connectivity index (χ1) is 8.18. The molecule has 0 fully saturated rings. The number of nitrogens with one attached hydrogen (secondary N) is 2. The number of H-pyrrole nitrogens is 1. The molecule has 88 valence electrons. The van der Waals surface area contributed by atoms with Gasteiger partial charge >= 0.3 is 5.97 Å². The van der Waals surface area contributed by atoms with E-state index in [0.29, 0.717) is 0 Å². The summed E-state index contributed by atoms with van der Waals surface area (Å²) in [4.78, 5) is 32.5. The highest BCUT2D eigenvalue weighted by molar-refractivity contribution is 7.09. The minimum absolute atomic E-state index is 0.131. The van der Waals surface area contributed by atoms with Crippen molar-refractivity contribution in [3.05, 3.63) is 34.3 Å². The van der Waals surface area contributed by atoms with Gasteiger partial charge in [0.1, 0.15) is 5.01 Å². The Kier molecular flexibility index (Phi) is 3.15. The second kappa shape index (κ2) is 4.74. The molecule has 0 aliphatic heterocycles. The van der Waals surface area contributed by atoms with Crippen LogP contribution in [0.5, 0.6) is 0 Å². The standard InChI is InChI=1S/C9H8N4O3S/c14-8(11-3-5-10-1-2-17-5)6-7(9(15)16)13-4-12-6/h1-2,4H,3H2,(H,11,14)(H,12,13)(H,15,16). The molecule has 0 radical (unpaired) electrons. The fraction of sp³-hybridized carbons (Fsp3) is 0.111. The number of carboxylic acid groups (broad SMARTS) is 1. The van der Waals surface area contributed by atoms with Crippen molar-refractivity contribution in [2.24, 2.45) is 0 Å². The summed E-state index contributed by atoms with van der Waals surface area (Å²) in [7, 11) is 0. The summed E-state index contributed by atoms with van der Waals surface area (Å²) in [5.41, 5.74) is -0.351. The molecule has 2 heterocycles. The van der Waals surface area contributed by atoms with Crippen LogP contribution >= 0.6 is 11.3 Å². The Morgan fingerprint density at radius 1 is 1.47 bits per heavy atom. The van der Waals surface area contributed by atoms with E-state index in [9.17, 15) is 9.59 Å². The predicted molar refractivity (Wildman–Crippen MR) is 58.8 cm³/mol. The third-order valence-corrected chi connectivity index (χ3v) is 2.73. The molecule has 0 aliphatic carbocycles. The number of aromatic amines is 1. The molecular formula is C9H8N4O3S. The predicted octanol–water partition coefficient (Wildman–Crippen LogP) is 0.494. The van der Waals surface area contributed by atoms with Crippen LogP contribution in [0.2, 0.25) is 0 Å². The summed E-state index contributed by atoms with van der Waals surface area (Å²) in [6, 6.07) is 0. The summed E-state index contributed by atoms with van der Waals surface area (Å²) < 4.78 is 0. The Bertz CT molecular complexity index is 534. The third-order valence-electron chi connectivity index (χ3n) is 1.95. The lowest BCUT2D eigenvalue weighted by Crippen LogP contribution is -2.25. The van der Waals surface area contributed by atoms with E-state index in [1.54, 1.807) is 11.6 Å². The van der Waals surface area contributed by atoms with Gasteiger partial charge in [0.15, 0.2) is 11.4 Å². The van der Waals surface area contributed by atoms with Crippen LogP contribution in [0.3, 0.4) is 0 Å². The highest BCUT2D eigenvalue weighted by Crippen LogP contribution is 2.05. The van der Waals surface area contributed by atoms with E-state index in [1.165, 1.54) is 17.7 Å². The number of hydrogen-bond donors (Lipinski definition) is 3. The molecule has 8 heteroatoms. The summed E-state index contributed by atoms with van der Waals surface area (Å²) in [6.07, 6.45) is 2.80. The maximum absolute atomic E-state index is 11.6. The van der Waals surface area contributed by atoms with E-state index in [4.69, 9.17) is 5.11 Å². The van der Waals surface area contributed by atoms with Crippen molar-refractivity contribution in [2.75, 3.05) is 0 Å². The van der Waals surface area contributed by atoms with Crippen LogP contribution in [-0.2, 0) is 6.54 Å². The van der Waals surface area contributed by atoms with Crippen LogP contribution in [0.25, 0.3) is 0 Å². The van der Waals surface area contributed by atoms with E-state index in [0.717, 1.165) is 5.01 Å². The largest absolute Gasteiger partial charge is 0.477 e. The molecule has 0 aromatic carbocycles. The van der Waals surface area contributed by atoms with Gasteiger partial charge in [0, 0.05) is 11.6 Å². The number of carbonyl (C=O) groups is 2. The molecule has 0 spiro atoms. The van der Waals surface area contributed by atoms with E-state index < -0.39 is 11.9 Å². The van der Waals surface area contributed by atoms with Gasteiger partial charge in [-0.25, -0.2) is 14.8 Å². The lowest BCUT2D eigenvalue weighted by Gasteiger charge is -2.00. The van der Waals surface area contributed by atoms with Crippen molar-refractivity contribution in [2.45, 2.75) is 6.54 Å². The van der Waals surface area contributed by atoms with E-state index in [1.807, 2.05) is 0 Å². The molecule has 2 aromatic heterocycles. The van der Waals surface area contributed by atoms with Gasteiger partial charge in [-0.05, 0) is 0 Å². The number of amides is 1. The zero-order valence-electron chi connectivity index (χ0n) is 8.51. The lowest BCUT2D eigenvalue weighted by atomic mass is 10.3. The average Bonchev–Trinajstić information content (AvgIpc) is 2.96. The van der Waals surface area contributed by atoms with Crippen molar-refractivity contribution in [3.8, 4) is 0 Å². The smallest absolute Gasteiger partial charge is 0.354 e. The van der Waals surface area contributed by atoms with Gasteiger partial charge in [-0.2, -0.15) is 0 Å². The normalized spacial score (nSPS) is 10.1. The first-order valence-corrected chi connectivity index (χ1v) is 5.49. The minimum atomic E-state index is -1.22. The number of carboxylic acids is 1. The quantitative estimate of drug-likeness (QED) is 0.734. The number of aromatic carboxylic acids is 1. The lowest BCUT2D eigenvalue weighted by molar-refractivity contribution is 0.0685. The summed E-state index contributed by atoms with van der Waals surface area (Å²) in [5, 5.41) is 13.9. The van der Waals surface area contributed by atoms with Crippen molar-refractivity contribution in [1.29, 1.82) is 0 Å². The molecule has 0 saturated carbocycles. The molecule has 0 saturated heterocycles. The van der Waals surface area contributed by atoms with Crippen molar-refractivity contribution in [3.63, 3.8) is 0 Å². The first kappa shape index (κ1) is 11.3. The van der Waals surface area contributed by atoms with Crippen molar-refractivity contribution < 1.29 is 14.7 Å². The molecule has 0 aliphatic rings. The fourth-order valence-corrected chi connectivity index (χ4v) is 1.77. The number of thiazole rings is 1. The number of nitrogens with zero attached hydrogens (tertiary/aromatic N) is 2. The first-order valence-electron chi connectivity index (χ1n) is 4.61. The van der Waals surface area contributed by atoms with Gasteiger partial charge in [0.25, 0.3) is 5.91 Å². The highest BCUT2D eigenvalue weighted by atomic mass is 32.1. The zero-order valence-corrected chi connectivity index (χ0v) is 9.32. The number of rotatable bonds is 4. The van der Waals surface area contributed by atoms with Crippen molar-refractivity contribution >= 4 is 23.2 Å². The molecular weight excluding hydrogens is 244 g/mol. The number of imidazole rings is 1. The molecule has 7 nitrogen and oxygen atoms in total. The molecule has 2 rings (SSSR count). The SMILES string of the molecule is O=C(NCc1nccs1)c1nc[nH]c1C(=O)O. The Hall–Kier alpha value is -2.22. The summed E-state index contributed by atoms with van der Waals surface area (Å²) in [6.45, 7) is 0.252. The van der Waals surface area contributed by atoms with Gasteiger partial charge in [-0.15, -0.1) is 11.3 Å². The Balaban J connectivity index is 2.04. The summed E-state index contributed by atoms with van der Waals surface area (Å²) >= 11 is 1.40. The zero-order chi connectivity index (χ0) is 12.3.